The maximum absolute atomic E-state index is 11.2. The number of carboxylic acids is 1. The predicted octanol–water partition coefficient (Wildman–Crippen LogP) is 1.49. The molecule has 0 bridgehead atoms. The number of methoxy groups -OCH3 is 1. The zero-order valence-electron chi connectivity index (χ0n) is 9.89. The van der Waals surface area contributed by atoms with Crippen LogP contribution < -0.4 is 0 Å². The van der Waals surface area contributed by atoms with Gasteiger partial charge >= 0.3 is 5.97 Å². The fraction of sp³-hybridized carbons (Fsp3) is 0.917. The lowest BCUT2D eigenvalue weighted by Gasteiger charge is -2.44. The molecule has 92 valence electrons. The standard InChI is InChI=1S/C12H21NO3/c1-16-10-7-9(8-10)13-6-4-2-3-5-11(13)12(14)15/h9-11H,2-8H2,1H3,(H,14,15). The number of aliphatic carboxylic acids is 1. The summed E-state index contributed by atoms with van der Waals surface area (Å²) in [5, 5.41) is 9.25. The van der Waals surface area contributed by atoms with Crippen LogP contribution in [-0.2, 0) is 9.53 Å². The van der Waals surface area contributed by atoms with E-state index in [2.05, 4.69) is 4.90 Å². The van der Waals surface area contributed by atoms with Crippen LogP contribution in [0, 0.1) is 0 Å². The summed E-state index contributed by atoms with van der Waals surface area (Å²) in [6.45, 7) is 0.943. The highest BCUT2D eigenvalue weighted by Gasteiger charge is 2.39. The molecule has 0 amide bonds. The molecular formula is C12H21NO3. The summed E-state index contributed by atoms with van der Waals surface area (Å²) >= 11 is 0. The molecule has 1 saturated heterocycles. The number of carboxylic acid groups (broad SMARTS) is 1. The van der Waals surface area contributed by atoms with Crippen LogP contribution in [0.3, 0.4) is 0 Å². The van der Waals surface area contributed by atoms with Crippen molar-refractivity contribution in [2.24, 2.45) is 0 Å². The molecule has 0 aromatic rings. The Balaban J connectivity index is 1.96. The molecule has 4 heteroatoms. The van der Waals surface area contributed by atoms with Crippen LogP contribution in [-0.4, -0.2) is 47.8 Å². The van der Waals surface area contributed by atoms with Gasteiger partial charge in [-0.25, -0.2) is 0 Å². The highest BCUT2D eigenvalue weighted by molar-refractivity contribution is 5.73. The number of hydrogen-bond donors (Lipinski definition) is 1. The van der Waals surface area contributed by atoms with Gasteiger partial charge in [0.05, 0.1) is 6.10 Å². The minimum Gasteiger partial charge on any atom is -0.480 e. The summed E-state index contributed by atoms with van der Waals surface area (Å²) < 4.78 is 5.26. The lowest BCUT2D eigenvalue weighted by molar-refractivity contribution is -0.147. The molecule has 1 atom stereocenters. The molecule has 1 heterocycles. The highest BCUT2D eigenvalue weighted by Crippen LogP contribution is 2.32. The zero-order chi connectivity index (χ0) is 11.5. The lowest BCUT2D eigenvalue weighted by Crippen LogP contribution is -2.54. The first-order chi connectivity index (χ1) is 7.72. The SMILES string of the molecule is COC1CC(N2CCCCCC2C(=O)O)C1. The molecule has 1 aliphatic heterocycles. The fourth-order valence-corrected chi connectivity index (χ4v) is 2.83. The number of nitrogens with zero attached hydrogens (tertiary/aromatic N) is 1. The molecule has 2 rings (SSSR count). The van der Waals surface area contributed by atoms with Gasteiger partial charge in [0.1, 0.15) is 6.04 Å². The van der Waals surface area contributed by atoms with E-state index in [9.17, 15) is 9.90 Å². The molecule has 16 heavy (non-hydrogen) atoms. The summed E-state index contributed by atoms with van der Waals surface area (Å²) in [7, 11) is 1.73. The first-order valence-electron chi connectivity index (χ1n) is 6.23. The second kappa shape index (κ2) is 5.15. The van der Waals surface area contributed by atoms with Crippen molar-refractivity contribution in [3.63, 3.8) is 0 Å². The molecule has 1 aliphatic carbocycles. The topological polar surface area (TPSA) is 49.8 Å². The first kappa shape index (κ1) is 11.9. The smallest absolute Gasteiger partial charge is 0.320 e. The van der Waals surface area contributed by atoms with Crippen molar-refractivity contribution in [2.45, 2.75) is 56.7 Å². The Morgan fingerprint density at radius 1 is 1.31 bits per heavy atom. The lowest BCUT2D eigenvalue weighted by atomic mass is 9.86. The van der Waals surface area contributed by atoms with Crippen LogP contribution in [0.15, 0.2) is 0 Å². The number of likely N-dealkylation sites (tertiary alicyclic amines) is 1. The number of ether oxygens (including phenoxy) is 1. The first-order valence-corrected chi connectivity index (χ1v) is 6.23. The van der Waals surface area contributed by atoms with Crippen molar-refractivity contribution in [1.82, 2.24) is 4.90 Å². The maximum atomic E-state index is 11.2. The predicted molar refractivity (Wildman–Crippen MR) is 60.4 cm³/mol. The van der Waals surface area contributed by atoms with Crippen LogP contribution in [0.25, 0.3) is 0 Å². The second-order valence-corrected chi connectivity index (χ2v) is 4.92. The van der Waals surface area contributed by atoms with Gasteiger partial charge in [-0.1, -0.05) is 12.8 Å². The van der Waals surface area contributed by atoms with E-state index in [1.165, 1.54) is 6.42 Å². The third-order valence-electron chi connectivity index (χ3n) is 3.95. The molecule has 2 fully saturated rings. The van der Waals surface area contributed by atoms with Gasteiger partial charge in [-0.15, -0.1) is 0 Å². The summed E-state index contributed by atoms with van der Waals surface area (Å²) in [4.78, 5) is 13.4. The zero-order valence-corrected chi connectivity index (χ0v) is 9.89. The molecule has 0 spiro atoms. The van der Waals surface area contributed by atoms with Gasteiger partial charge in [-0.05, 0) is 32.2 Å². The third kappa shape index (κ3) is 2.38. The van der Waals surface area contributed by atoms with E-state index >= 15 is 0 Å². The third-order valence-corrected chi connectivity index (χ3v) is 3.95. The Bertz CT molecular complexity index is 251. The molecule has 0 radical (unpaired) electrons. The summed E-state index contributed by atoms with van der Waals surface area (Å²) in [6.07, 6.45) is 6.51. The Morgan fingerprint density at radius 3 is 2.69 bits per heavy atom. The van der Waals surface area contributed by atoms with Crippen LogP contribution in [0.4, 0.5) is 0 Å². The van der Waals surface area contributed by atoms with Gasteiger partial charge in [-0.3, -0.25) is 9.69 Å². The Hall–Kier alpha value is -0.610. The second-order valence-electron chi connectivity index (χ2n) is 4.92. The van der Waals surface area contributed by atoms with Crippen molar-refractivity contribution >= 4 is 5.97 Å². The Labute approximate surface area is 96.6 Å². The average Bonchev–Trinajstić information content (AvgIpc) is 2.41. The van der Waals surface area contributed by atoms with E-state index in [-0.39, 0.29) is 6.04 Å². The van der Waals surface area contributed by atoms with E-state index < -0.39 is 5.97 Å². The van der Waals surface area contributed by atoms with Crippen molar-refractivity contribution in [3.8, 4) is 0 Å². The van der Waals surface area contributed by atoms with Gasteiger partial charge in [0.2, 0.25) is 0 Å². The molecular weight excluding hydrogens is 206 g/mol. The van der Waals surface area contributed by atoms with Crippen LogP contribution in [0.5, 0.6) is 0 Å². The van der Waals surface area contributed by atoms with Crippen molar-refractivity contribution in [1.29, 1.82) is 0 Å². The molecule has 0 aromatic heterocycles. The molecule has 2 aliphatic rings. The van der Waals surface area contributed by atoms with Gasteiger partial charge in [-0.2, -0.15) is 0 Å². The van der Waals surface area contributed by atoms with Gasteiger partial charge in [0, 0.05) is 13.2 Å². The molecule has 1 N–H and O–H groups in total. The van der Waals surface area contributed by atoms with E-state index in [0.717, 1.165) is 38.6 Å². The minimum atomic E-state index is -0.650. The van der Waals surface area contributed by atoms with Gasteiger partial charge in [0.25, 0.3) is 0 Å². The van der Waals surface area contributed by atoms with E-state index in [0.29, 0.717) is 12.1 Å². The van der Waals surface area contributed by atoms with Crippen LogP contribution >= 0.6 is 0 Å². The van der Waals surface area contributed by atoms with E-state index in [1.54, 1.807) is 7.11 Å². The van der Waals surface area contributed by atoms with Crippen molar-refractivity contribution in [2.75, 3.05) is 13.7 Å². The van der Waals surface area contributed by atoms with Crippen LogP contribution in [0.1, 0.15) is 38.5 Å². The molecule has 0 aromatic carbocycles. The molecule has 1 unspecified atom stereocenters. The average molecular weight is 227 g/mol. The summed E-state index contributed by atoms with van der Waals surface area (Å²) in [6, 6.07) is 0.175. The summed E-state index contributed by atoms with van der Waals surface area (Å²) in [5.41, 5.74) is 0. The molecule has 4 nitrogen and oxygen atoms in total. The van der Waals surface area contributed by atoms with Gasteiger partial charge < -0.3 is 9.84 Å². The van der Waals surface area contributed by atoms with E-state index in [1.807, 2.05) is 0 Å². The highest BCUT2D eigenvalue weighted by atomic mass is 16.5. The quantitative estimate of drug-likeness (QED) is 0.793. The largest absolute Gasteiger partial charge is 0.480 e. The van der Waals surface area contributed by atoms with Crippen molar-refractivity contribution in [3.05, 3.63) is 0 Å². The monoisotopic (exact) mass is 227 g/mol. The Morgan fingerprint density at radius 2 is 2.06 bits per heavy atom. The Kier molecular flexibility index (Phi) is 3.82. The fourth-order valence-electron chi connectivity index (χ4n) is 2.83. The maximum Gasteiger partial charge on any atom is 0.320 e. The van der Waals surface area contributed by atoms with E-state index in [4.69, 9.17) is 4.74 Å². The minimum absolute atomic E-state index is 0.259. The van der Waals surface area contributed by atoms with Crippen LogP contribution in [0.2, 0.25) is 0 Å². The number of carbonyl (C=O) groups is 1. The summed E-state index contributed by atoms with van der Waals surface area (Å²) in [5.74, 6) is -0.650. The van der Waals surface area contributed by atoms with Crippen molar-refractivity contribution < 1.29 is 14.6 Å². The molecule has 1 saturated carbocycles. The number of hydrogen-bond acceptors (Lipinski definition) is 3. The van der Waals surface area contributed by atoms with Gasteiger partial charge in [0.15, 0.2) is 0 Å². The number of rotatable bonds is 3. The normalized spacial score (nSPS) is 36.4.